The molecule has 1 rings (SSSR count). The lowest BCUT2D eigenvalue weighted by atomic mass is 10.2. The average Bonchev–Trinajstić information content (AvgIpc) is 2.33. The maximum Gasteiger partial charge on any atom is 0.0548 e. The van der Waals surface area contributed by atoms with Crippen molar-refractivity contribution >= 4 is 0 Å². The van der Waals surface area contributed by atoms with Crippen molar-refractivity contribution in [3.8, 4) is 0 Å². The summed E-state index contributed by atoms with van der Waals surface area (Å²) in [6.07, 6.45) is 3.09. The Balaban J connectivity index is 0.000000302. The first-order valence-corrected chi connectivity index (χ1v) is 6.68. The summed E-state index contributed by atoms with van der Waals surface area (Å²) in [4.78, 5) is 0. The highest BCUT2D eigenvalue weighted by Gasteiger charge is 2.02. The lowest BCUT2D eigenvalue weighted by molar-refractivity contribution is 0.00511. The van der Waals surface area contributed by atoms with Gasteiger partial charge in [-0.3, -0.25) is 0 Å². The maximum atomic E-state index is 5.55. The van der Waals surface area contributed by atoms with Crippen LogP contribution in [0, 0.1) is 13.8 Å². The van der Waals surface area contributed by atoms with Crippen LogP contribution >= 0.6 is 0 Å². The molecule has 0 heterocycles. The maximum absolute atomic E-state index is 5.55. The molecule has 0 saturated heterocycles. The molecule has 1 heteroatoms. The second kappa shape index (κ2) is 9.23. The van der Waals surface area contributed by atoms with Gasteiger partial charge in [0.15, 0.2) is 0 Å². The molecule has 1 aromatic carbocycles. The van der Waals surface area contributed by atoms with Crippen molar-refractivity contribution in [2.24, 2.45) is 0 Å². The molecule has 1 aromatic rings. The standard InChI is InChI=1S/C8H18O.C8H10/c1-5-7(3)9-8(4)6-2;1-7-3-5-8(2)6-4-7/h7-8H,5-6H2,1-4H3;3-6H,1-2H3. The normalized spacial score (nSPS) is 13.5. The molecule has 0 amide bonds. The molecule has 1 nitrogen and oxygen atoms in total. The van der Waals surface area contributed by atoms with Crippen LogP contribution in [0.4, 0.5) is 0 Å². The quantitative estimate of drug-likeness (QED) is 0.722. The zero-order valence-electron chi connectivity index (χ0n) is 12.3. The van der Waals surface area contributed by atoms with E-state index in [-0.39, 0.29) is 0 Å². The molecule has 0 radical (unpaired) electrons. The fourth-order valence-corrected chi connectivity index (χ4v) is 1.23. The number of rotatable bonds is 4. The average molecular weight is 236 g/mol. The third-order valence-corrected chi connectivity index (χ3v) is 2.83. The van der Waals surface area contributed by atoms with Crippen LogP contribution in [0.2, 0.25) is 0 Å². The second-order valence-corrected chi connectivity index (χ2v) is 4.73. The Kier molecular flexibility index (Phi) is 8.79. The number of ether oxygens (including phenoxy) is 1. The largest absolute Gasteiger partial charge is 0.376 e. The van der Waals surface area contributed by atoms with Crippen molar-refractivity contribution in [1.82, 2.24) is 0 Å². The first-order valence-electron chi connectivity index (χ1n) is 6.68. The predicted octanol–water partition coefficient (Wildman–Crippen LogP) is 4.90. The van der Waals surface area contributed by atoms with Crippen molar-refractivity contribution < 1.29 is 4.74 Å². The zero-order chi connectivity index (χ0) is 13.3. The smallest absolute Gasteiger partial charge is 0.0548 e. The molecule has 0 spiro atoms. The molecular formula is C16H28O. The van der Waals surface area contributed by atoms with Gasteiger partial charge in [-0.25, -0.2) is 0 Å². The number of aryl methyl sites for hydroxylation is 2. The third kappa shape index (κ3) is 8.93. The van der Waals surface area contributed by atoms with Crippen LogP contribution in [0.3, 0.4) is 0 Å². The second-order valence-electron chi connectivity index (χ2n) is 4.73. The first-order chi connectivity index (χ1) is 7.99. The Bertz CT molecular complexity index is 247. The van der Waals surface area contributed by atoms with Gasteiger partial charge in [-0.1, -0.05) is 49.2 Å². The molecule has 0 aliphatic rings. The lowest BCUT2D eigenvalue weighted by Gasteiger charge is -2.15. The number of hydrogen-bond donors (Lipinski definition) is 0. The number of hydrogen-bond acceptors (Lipinski definition) is 1. The SMILES string of the molecule is CCC(C)OC(C)CC.Cc1ccc(C)cc1. The molecule has 2 atom stereocenters. The van der Waals surface area contributed by atoms with E-state index in [1.54, 1.807) is 0 Å². The molecule has 0 saturated carbocycles. The monoisotopic (exact) mass is 236 g/mol. The zero-order valence-corrected chi connectivity index (χ0v) is 12.3. The first kappa shape index (κ1) is 16.2. The molecule has 0 N–H and O–H groups in total. The Morgan fingerprint density at radius 3 is 1.35 bits per heavy atom. The summed E-state index contributed by atoms with van der Waals surface area (Å²) in [6, 6.07) is 8.48. The van der Waals surface area contributed by atoms with Gasteiger partial charge in [0.2, 0.25) is 0 Å². The van der Waals surface area contributed by atoms with Gasteiger partial charge in [0, 0.05) is 0 Å². The van der Waals surface area contributed by atoms with E-state index in [0.29, 0.717) is 12.2 Å². The van der Waals surface area contributed by atoms with E-state index in [9.17, 15) is 0 Å². The fraction of sp³-hybridized carbons (Fsp3) is 0.625. The van der Waals surface area contributed by atoms with Crippen molar-refractivity contribution in [1.29, 1.82) is 0 Å². The third-order valence-electron chi connectivity index (χ3n) is 2.83. The van der Waals surface area contributed by atoms with Crippen LogP contribution in [0.15, 0.2) is 24.3 Å². The van der Waals surface area contributed by atoms with Crippen LogP contribution in [-0.4, -0.2) is 12.2 Å². The molecule has 0 fully saturated rings. The van der Waals surface area contributed by atoms with Crippen molar-refractivity contribution in [3.05, 3.63) is 35.4 Å². The van der Waals surface area contributed by atoms with Gasteiger partial charge in [0.1, 0.15) is 0 Å². The summed E-state index contributed by atoms with van der Waals surface area (Å²) in [6.45, 7) is 12.7. The Hall–Kier alpha value is -0.820. The summed E-state index contributed by atoms with van der Waals surface area (Å²) in [5.74, 6) is 0. The van der Waals surface area contributed by atoms with E-state index in [4.69, 9.17) is 4.74 Å². The summed E-state index contributed by atoms with van der Waals surface area (Å²) in [5, 5.41) is 0. The topological polar surface area (TPSA) is 9.23 Å². The van der Waals surface area contributed by atoms with E-state index in [1.165, 1.54) is 11.1 Å². The Morgan fingerprint density at radius 1 is 0.824 bits per heavy atom. The van der Waals surface area contributed by atoms with Crippen LogP contribution in [0.25, 0.3) is 0 Å². The van der Waals surface area contributed by atoms with E-state index < -0.39 is 0 Å². The van der Waals surface area contributed by atoms with Gasteiger partial charge in [-0.2, -0.15) is 0 Å². The highest BCUT2D eigenvalue weighted by Crippen LogP contribution is 2.03. The summed E-state index contributed by atoms with van der Waals surface area (Å²) < 4.78 is 5.55. The molecular weight excluding hydrogens is 208 g/mol. The summed E-state index contributed by atoms with van der Waals surface area (Å²) >= 11 is 0. The molecule has 0 aromatic heterocycles. The van der Waals surface area contributed by atoms with Gasteiger partial charge >= 0.3 is 0 Å². The van der Waals surface area contributed by atoms with E-state index >= 15 is 0 Å². The van der Waals surface area contributed by atoms with Crippen LogP contribution in [0.5, 0.6) is 0 Å². The van der Waals surface area contributed by atoms with Gasteiger partial charge in [0.05, 0.1) is 12.2 Å². The summed E-state index contributed by atoms with van der Waals surface area (Å²) in [7, 11) is 0. The highest BCUT2D eigenvalue weighted by atomic mass is 16.5. The van der Waals surface area contributed by atoms with E-state index in [1.807, 2.05) is 0 Å². The number of benzene rings is 1. The van der Waals surface area contributed by atoms with Crippen LogP contribution in [0.1, 0.15) is 51.7 Å². The molecule has 0 aliphatic carbocycles. The molecule has 17 heavy (non-hydrogen) atoms. The minimum atomic E-state index is 0.431. The summed E-state index contributed by atoms with van der Waals surface area (Å²) in [5.41, 5.74) is 2.66. The van der Waals surface area contributed by atoms with E-state index in [0.717, 1.165) is 12.8 Å². The van der Waals surface area contributed by atoms with Crippen molar-refractivity contribution in [3.63, 3.8) is 0 Å². The van der Waals surface area contributed by atoms with Crippen LogP contribution in [-0.2, 0) is 4.74 Å². The van der Waals surface area contributed by atoms with Crippen molar-refractivity contribution in [2.45, 2.75) is 66.6 Å². The van der Waals surface area contributed by atoms with Gasteiger partial charge in [-0.05, 0) is 40.5 Å². The predicted molar refractivity (Wildman–Crippen MR) is 76.5 cm³/mol. The van der Waals surface area contributed by atoms with E-state index in [2.05, 4.69) is 65.8 Å². The minimum Gasteiger partial charge on any atom is -0.376 e. The van der Waals surface area contributed by atoms with Gasteiger partial charge < -0.3 is 4.74 Å². The van der Waals surface area contributed by atoms with Gasteiger partial charge in [-0.15, -0.1) is 0 Å². The Morgan fingerprint density at radius 2 is 1.12 bits per heavy atom. The van der Waals surface area contributed by atoms with Crippen LogP contribution < -0.4 is 0 Å². The lowest BCUT2D eigenvalue weighted by Crippen LogP contribution is -2.14. The fourth-order valence-electron chi connectivity index (χ4n) is 1.23. The van der Waals surface area contributed by atoms with Gasteiger partial charge in [0.25, 0.3) is 0 Å². The molecule has 0 aliphatic heterocycles. The molecule has 0 bridgehead atoms. The minimum absolute atomic E-state index is 0.431. The Labute approximate surface area is 107 Å². The molecule has 2 unspecified atom stereocenters. The molecule has 98 valence electrons. The highest BCUT2D eigenvalue weighted by molar-refractivity contribution is 5.19. The van der Waals surface area contributed by atoms with Crippen molar-refractivity contribution in [2.75, 3.05) is 0 Å².